The van der Waals surface area contributed by atoms with Crippen molar-refractivity contribution in [2.24, 2.45) is 47.3 Å². The molecule has 8 aromatic rings. The summed E-state index contributed by atoms with van der Waals surface area (Å²) in [5.41, 5.74) is 9.82. The predicted molar refractivity (Wildman–Crippen MR) is 531 cm³/mol. The van der Waals surface area contributed by atoms with Crippen molar-refractivity contribution in [2.45, 2.75) is 224 Å². The number of hydrogen-bond donors (Lipinski definition) is 16. The van der Waals surface area contributed by atoms with E-state index in [4.69, 9.17) is 78.7 Å². The van der Waals surface area contributed by atoms with Gasteiger partial charge in [0, 0.05) is 151 Å². The lowest BCUT2D eigenvalue weighted by atomic mass is 10.1. The third-order valence-corrected chi connectivity index (χ3v) is 30.6. The minimum absolute atomic E-state index is 0.280. The first kappa shape index (κ1) is 102. The third kappa shape index (κ3) is 31.5. The number of ether oxygens (including phenoxy) is 8. The zero-order valence-electron chi connectivity index (χ0n) is 81.2. The lowest BCUT2D eigenvalue weighted by molar-refractivity contribution is 0.216. The largest absolute Gasteiger partial charge is 0.490 e. The Kier molecular flexibility index (Phi) is 38.4. The summed E-state index contributed by atoms with van der Waals surface area (Å²) in [5.74, 6) is 15.4. The van der Waals surface area contributed by atoms with E-state index in [1.165, 1.54) is 122 Å². The van der Waals surface area contributed by atoms with E-state index in [1.807, 2.05) is 49.6 Å². The highest BCUT2D eigenvalue weighted by Gasteiger charge is 2.44. The molecule has 0 bridgehead atoms. The van der Waals surface area contributed by atoms with Gasteiger partial charge in [-0.2, -0.15) is 0 Å². The number of aliphatic hydroxyl groups is 8. The summed E-state index contributed by atoms with van der Waals surface area (Å²) in [6.45, 7) is 16.9. The standard InChI is InChI=1S/4C14H20N2O2.4C13H18N2O2/c4*17-4-2-10-6-14(10)11-5-13(8-15-7-11)18-9-12-1-3-16-12;4*16-7-10-4-13(10)9-3-12(6-14-5-9)17-8-11-1-2-15-11/h4*5,7-8,10,12,14,16-17H,1-4,6,9H2;4*3,5-6,10-11,13,15-16H,1-2,4,7-8H2/t10-,12+,14?;10-,12+,14+;10-,12-,14?;10-,12-,14-;10-,11+,13?;10-,11+,13-;10-,11-,13?;10-,11-,13+/m11001100/s1. The zero-order valence-corrected chi connectivity index (χ0v) is 81.2. The Morgan fingerprint density at radius 2 is 0.321 bits per heavy atom. The summed E-state index contributed by atoms with van der Waals surface area (Å²) in [7, 11) is 0. The average molecular weight is 1930 g/mol. The van der Waals surface area contributed by atoms with Gasteiger partial charge in [0.2, 0.25) is 0 Å². The van der Waals surface area contributed by atoms with Crippen LogP contribution in [0.15, 0.2) is 148 Å². The van der Waals surface area contributed by atoms with Gasteiger partial charge in [-0.25, -0.2) is 0 Å². The van der Waals surface area contributed by atoms with Crippen LogP contribution < -0.4 is 80.4 Å². The van der Waals surface area contributed by atoms with E-state index >= 15 is 0 Å². The monoisotopic (exact) mass is 1930 g/mol. The quantitative estimate of drug-likeness (QED) is 0.0169. The van der Waals surface area contributed by atoms with E-state index < -0.39 is 0 Å². The Balaban J connectivity index is 0.000000110. The lowest BCUT2D eigenvalue weighted by Crippen LogP contribution is -2.46. The van der Waals surface area contributed by atoms with Gasteiger partial charge in [0.1, 0.15) is 98.9 Å². The fraction of sp³-hybridized carbons (Fsp3) is 0.630. The highest BCUT2D eigenvalue weighted by atomic mass is 16.5. The van der Waals surface area contributed by atoms with Gasteiger partial charge in [-0.05, 0) is 368 Å². The molecule has 8 aliphatic heterocycles. The molecule has 24 atom stereocenters. The molecule has 16 fully saturated rings. The van der Waals surface area contributed by atoms with Crippen molar-refractivity contribution in [1.29, 1.82) is 0 Å². The molecule has 8 aliphatic carbocycles. The summed E-state index contributed by atoms with van der Waals surface area (Å²) in [6, 6.07) is 20.7. The van der Waals surface area contributed by atoms with Crippen LogP contribution in [-0.2, 0) is 0 Å². The molecule has 24 rings (SSSR count). The van der Waals surface area contributed by atoms with Crippen LogP contribution in [0, 0.1) is 47.3 Å². The van der Waals surface area contributed by atoms with Crippen molar-refractivity contribution in [3.8, 4) is 46.0 Å². The summed E-state index contributed by atoms with van der Waals surface area (Å²) in [5, 5.41) is 98.4. The van der Waals surface area contributed by atoms with Crippen LogP contribution in [0.1, 0.15) is 220 Å². The molecule has 0 radical (unpaired) electrons. The highest BCUT2D eigenvalue weighted by Crippen LogP contribution is 2.55. The van der Waals surface area contributed by atoms with Crippen molar-refractivity contribution in [1.82, 2.24) is 82.4 Å². The number of nitrogens with one attached hydrogen (secondary N) is 8. The second-order valence-electron chi connectivity index (χ2n) is 41.2. The van der Waals surface area contributed by atoms with E-state index in [0.29, 0.717) is 143 Å². The maximum absolute atomic E-state index is 9.06. The maximum Gasteiger partial charge on any atom is 0.137 e. The number of aromatic nitrogens is 8. The minimum Gasteiger partial charge on any atom is -0.490 e. The fourth-order valence-corrected chi connectivity index (χ4v) is 19.2. The van der Waals surface area contributed by atoms with Crippen LogP contribution in [-0.4, -0.2) is 287 Å². The van der Waals surface area contributed by atoms with Gasteiger partial charge in [-0.1, -0.05) is 0 Å². The Hall–Kier alpha value is -9.04. The lowest BCUT2D eigenvalue weighted by Gasteiger charge is -2.27. The van der Waals surface area contributed by atoms with Crippen LogP contribution in [0.5, 0.6) is 46.0 Å². The fourth-order valence-electron chi connectivity index (χ4n) is 19.2. The number of hydrogen-bond acceptors (Lipinski definition) is 32. The molecule has 32 nitrogen and oxygen atoms in total. The van der Waals surface area contributed by atoms with Gasteiger partial charge < -0.3 is 121 Å². The molecular formula is C108H152N16O16. The van der Waals surface area contributed by atoms with Crippen LogP contribution >= 0.6 is 0 Å². The second kappa shape index (κ2) is 52.5. The summed E-state index contributed by atoms with van der Waals surface area (Å²) in [4.78, 5) is 33.9. The first-order valence-corrected chi connectivity index (χ1v) is 52.3. The van der Waals surface area contributed by atoms with E-state index in [2.05, 4.69) is 131 Å². The van der Waals surface area contributed by atoms with E-state index in [-0.39, 0.29) is 52.9 Å². The first-order chi connectivity index (χ1) is 68.9. The number of pyridine rings is 8. The predicted octanol–water partition coefficient (Wildman–Crippen LogP) is 8.91. The summed E-state index contributed by atoms with van der Waals surface area (Å²) in [6.07, 6.45) is 51.6. The van der Waals surface area contributed by atoms with E-state index in [1.54, 1.807) is 49.6 Å². The van der Waals surface area contributed by atoms with Crippen molar-refractivity contribution >= 4 is 0 Å². The van der Waals surface area contributed by atoms with Crippen molar-refractivity contribution in [3.05, 3.63) is 192 Å². The van der Waals surface area contributed by atoms with Crippen LogP contribution in [0.2, 0.25) is 0 Å². The molecule has 140 heavy (non-hydrogen) atoms. The van der Waals surface area contributed by atoms with Gasteiger partial charge in [-0.3, -0.25) is 39.9 Å². The van der Waals surface area contributed by atoms with Crippen molar-refractivity contribution < 1.29 is 78.7 Å². The Morgan fingerprint density at radius 1 is 0.193 bits per heavy atom. The molecule has 4 unspecified atom stereocenters. The molecule has 8 saturated carbocycles. The van der Waals surface area contributed by atoms with Gasteiger partial charge in [0.15, 0.2) is 0 Å². The number of aliphatic hydroxyl groups excluding tert-OH is 8. The molecule has 760 valence electrons. The normalized spacial score (nSPS) is 30.2. The molecular weight excluding hydrogens is 1780 g/mol. The Labute approximate surface area is 824 Å². The van der Waals surface area contributed by atoms with Crippen LogP contribution in [0.4, 0.5) is 0 Å². The smallest absolute Gasteiger partial charge is 0.137 e. The molecule has 16 heterocycles. The van der Waals surface area contributed by atoms with E-state index in [9.17, 15) is 0 Å². The molecule has 8 saturated heterocycles. The Morgan fingerprint density at radius 3 is 0.429 bits per heavy atom. The molecule has 0 aromatic carbocycles. The highest BCUT2D eigenvalue weighted by molar-refractivity contribution is 5.38. The van der Waals surface area contributed by atoms with Gasteiger partial charge >= 0.3 is 0 Å². The van der Waals surface area contributed by atoms with Gasteiger partial charge in [0.05, 0.1) is 49.6 Å². The van der Waals surface area contributed by atoms with Crippen molar-refractivity contribution in [2.75, 3.05) is 158 Å². The first-order valence-electron chi connectivity index (χ1n) is 52.3. The average Bonchev–Trinajstić information content (AvgIpc) is 1.69. The SMILES string of the molecule is OCC[C@@H]1CC1c1cncc(OC[C@@H]2CCN2)c1.OCC[C@@H]1C[C@@H]1c1cncc(OC[C@@H]2CCN2)c1.OCC[C@H]1CC1c1cncc(OC[C@@H]2CCN2)c1.OCC[C@H]1C[C@@H]1c1cncc(OC[C@@H]2CCN2)c1.OC[C@@H]1CC1c1cncc(OC[C@@H]2CCN2)c1.OC[C@@H]1C[C@@H]1c1cncc(OC[C@@H]2CCN2)c1.OC[C@H]1CC1c1cncc(OC[C@@H]2CCN2)c1.OC[C@H]1C[C@@H]1c1cncc(OC[C@@H]2CCN2)c1. The Bertz CT molecular complexity index is 4420. The molecule has 0 amide bonds. The molecule has 0 spiro atoms. The van der Waals surface area contributed by atoms with Crippen LogP contribution in [0.25, 0.3) is 0 Å². The molecule has 32 heteroatoms. The number of nitrogens with zero attached hydrogens (tertiary/aromatic N) is 8. The second-order valence-corrected chi connectivity index (χ2v) is 41.2. The molecule has 8 aromatic heterocycles. The maximum atomic E-state index is 9.06. The topological polar surface area (TPSA) is 435 Å². The molecule has 16 aliphatic rings. The summed E-state index contributed by atoms with van der Waals surface area (Å²) < 4.78 is 45.8. The van der Waals surface area contributed by atoms with Crippen molar-refractivity contribution in [3.63, 3.8) is 0 Å². The molecule has 16 N–H and O–H groups in total. The third-order valence-electron chi connectivity index (χ3n) is 30.6. The van der Waals surface area contributed by atoms with Gasteiger partial charge in [-0.15, -0.1) is 0 Å². The minimum atomic E-state index is 0.280. The zero-order chi connectivity index (χ0) is 96.1. The van der Waals surface area contributed by atoms with E-state index in [0.717, 1.165) is 203 Å². The number of rotatable bonds is 44. The van der Waals surface area contributed by atoms with Crippen LogP contribution in [0.3, 0.4) is 0 Å². The van der Waals surface area contributed by atoms with Gasteiger partial charge in [0.25, 0.3) is 0 Å². The summed E-state index contributed by atoms with van der Waals surface area (Å²) >= 11 is 0.